The van der Waals surface area contributed by atoms with Gasteiger partial charge in [0.2, 0.25) is 0 Å². The van der Waals surface area contributed by atoms with Gasteiger partial charge >= 0.3 is 5.97 Å². The fourth-order valence-corrected chi connectivity index (χ4v) is 0.987. The van der Waals surface area contributed by atoms with E-state index in [4.69, 9.17) is 10.4 Å². The van der Waals surface area contributed by atoms with Crippen LogP contribution in [0.3, 0.4) is 0 Å². The molecule has 1 heterocycles. The zero-order valence-electron chi connectivity index (χ0n) is 8.27. The van der Waals surface area contributed by atoms with E-state index in [-0.39, 0.29) is 12.2 Å². The Morgan fingerprint density at radius 1 is 1.80 bits per heavy atom. The topological polar surface area (TPSA) is 86.0 Å². The van der Waals surface area contributed by atoms with Crippen LogP contribution in [0.1, 0.15) is 12.6 Å². The lowest BCUT2D eigenvalue weighted by Gasteiger charge is -2.09. The lowest BCUT2D eigenvalue weighted by molar-refractivity contribution is -0.140. The molecule has 0 aliphatic rings. The van der Waals surface area contributed by atoms with Crippen molar-refractivity contribution >= 4 is 11.7 Å². The molecule has 5 nitrogen and oxygen atoms in total. The molecule has 1 aromatic rings. The minimum absolute atomic E-state index is 0.273. The summed E-state index contributed by atoms with van der Waals surface area (Å²) in [5.41, 5.74) is 0.836. The maximum atomic E-state index is 10.6. The van der Waals surface area contributed by atoms with Crippen LogP contribution in [0.25, 0.3) is 0 Å². The van der Waals surface area contributed by atoms with Crippen LogP contribution >= 0.6 is 0 Å². The Morgan fingerprint density at radius 2 is 2.53 bits per heavy atom. The molecule has 0 aliphatic carbocycles. The van der Waals surface area contributed by atoms with Gasteiger partial charge in [-0.15, -0.1) is 0 Å². The Labute approximate surface area is 87.4 Å². The van der Waals surface area contributed by atoms with E-state index in [1.54, 1.807) is 19.1 Å². The largest absolute Gasteiger partial charge is 0.481 e. The van der Waals surface area contributed by atoms with Gasteiger partial charge in [0.1, 0.15) is 6.07 Å². The monoisotopic (exact) mass is 205 g/mol. The number of nitrogens with zero attached hydrogens (tertiary/aromatic N) is 2. The molecule has 0 radical (unpaired) electrons. The highest BCUT2D eigenvalue weighted by Gasteiger charge is 2.11. The van der Waals surface area contributed by atoms with E-state index in [9.17, 15) is 4.79 Å². The van der Waals surface area contributed by atoms with Gasteiger partial charge in [-0.2, -0.15) is 5.26 Å². The third-order valence-corrected chi connectivity index (χ3v) is 1.93. The molecule has 78 valence electrons. The number of carboxylic acid groups (broad SMARTS) is 1. The number of nitriles is 1. The van der Waals surface area contributed by atoms with Gasteiger partial charge in [0.05, 0.1) is 11.6 Å². The minimum Gasteiger partial charge on any atom is -0.481 e. The summed E-state index contributed by atoms with van der Waals surface area (Å²) in [6, 6.07) is 5.31. The van der Waals surface area contributed by atoms with Crippen molar-refractivity contribution in [3.05, 3.63) is 24.0 Å². The average Bonchev–Trinajstić information content (AvgIpc) is 2.26. The van der Waals surface area contributed by atoms with E-state index in [2.05, 4.69) is 10.3 Å². The summed E-state index contributed by atoms with van der Waals surface area (Å²) in [5.74, 6) is -1.37. The predicted molar refractivity (Wildman–Crippen MR) is 54.2 cm³/mol. The Balaban J connectivity index is 2.66. The first kappa shape index (κ1) is 11.0. The van der Waals surface area contributed by atoms with Crippen molar-refractivity contribution in [3.63, 3.8) is 0 Å². The Bertz CT molecular complexity index is 398. The number of rotatable bonds is 4. The lowest BCUT2D eigenvalue weighted by Crippen LogP contribution is -2.20. The van der Waals surface area contributed by atoms with Gasteiger partial charge in [-0.1, -0.05) is 6.92 Å². The number of aliphatic carboxylic acids is 1. The Hall–Kier alpha value is -2.09. The molecule has 0 spiro atoms. The zero-order valence-corrected chi connectivity index (χ0v) is 8.27. The normalized spacial score (nSPS) is 11.5. The molecule has 1 aromatic heterocycles. The number of anilines is 1. The molecule has 1 unspecified atom stereocenters. The summed E-state index contributed by atoms with van der Waals surface area (Å²) < 4.78 is 0. The van der Waals surface area contributed by atoms with Crippen molar-refractivity contribution in [2.24, 2.45) is 5.92 Å². The van der Waals surface area contributed by atoms with Gasteiger partial charge in [0.15, 0.2) is 5.69 Å². The molecule has 0 bridgehead atoms. The summed E-state index contributed by atoms with van der Waals surface area (Å²) in [7, 11) is 0. The molecule has 0 aliphatic heterocycles. The van der Waals surface area contributed by atoms with Gasteiger partial charge in [0.25, 0.3) is 0 Å². The number of nitrogens with one attached hydrogen (secondary N) is 1. The summed E-state index contributed by atoms with van der Waals surface area (Å²) in [6.45, 7) is 1.87. The lowest BCUT2D eigenvalue weighted by atomic mass is 10.2. The van der Waals surface area contributed by atoms with Crippen LogP contribution in [0.4, 0.5) is 5.69 Å². The molecule has 1 rings (SSSR count). The quantitative estimate of drug-likeness (QED) is 0.768. The van der Waals surface area contributed by atoms with Crippen LogP contribution in [0.15, 0.2) is 18.3 Å². The first-order valence-corrected chi connectivity index (χ1v) is 4.47. The van der Waals surface area contributed by atoms with Crippen LogP contribution in [0.5, 0.6) is 0 Å². The number of carboxylic acids is 1. The number of aromatic nitrogens is 1. The highest BCUT2D eigenvalue weighted by molar-refractivity contribution is 5.70. The van der Waals surface area contributed by atoms with Crippen molar-refractivity contribution in [2.45, 2.75) is 6.92 Å². The fraction of sp³-hybridized carbons (Fsp3) is 0.300. The molecule has 5 heteroatoms. The van der Waals surface area contributed by atoms with Gasteiger partial charge in [-0.3, -0.25) is 4.79 Å². The van der Waals surface area contributed by atoms with Crippen molar-refractivity contribution in [1.29, 1.82) is 5.26 Å². The summed E-state index contributed by atoms with van der Waals surface area (Å²) in [6.07, 6.45) is 1.52. The zero-order chi connectivity index (χ0) is 11.3. The molecule has 0 fully saturated rings. The van der Waals surface area contributed by atoms with E-state index in [1.807, 2.05) is 6.07 Å². The van der Waals surface area contributed by atoms with Crippen LogP contribution in [0.2, 0.25) is 0 Å². The minimum atomic E-state index is -0.870. The van der Waals surface area contributed by atoms with Crippen molar-refractivity contribution < 1.29 is 9.90 Å². The van der Waals surface area contributed by atoms with E-state index < -0.39 is 11.9 Å². The van der Waals surface area contributed by atoms with Gasteiger partial charge in [-0.05, 0) is 12.1 Å². The van der Waals surface area contributed by atoms with Gasteiger partial charge < -0.3 is 10.4 Å². The average molecular weight is 205 g/mol. The van der Waals surface area contributed by atoms with Gasteiger partial charge in [-0.25, -0.2) is 4.98 Å². The second kappa shape index (κ2) is 4.96. The van der Waals surface area contributed by atoms with Crippen molar-refractivity contribution in [1.82, 2.24) is 4.98 Å². The molecule has 15 heavy (non-hydrogen) atoms. The molecule has 0 saturated heterocycles. The second-order valence-electron chi connectivity index (χ2n) is 3.13. The number of hydrogen-bond donors (Lipinski definition) is 2. The van der Waals surface area contributed by atoms with Crippen molar-refractivity contribution in [3.8, 4) is 6.07 Å². The second-order valence-corrected chi connectivity index (χ2v) is 3.13. The standard InChI is InChI=1S/C10H11N3O2/c1-7(10(14)15)6-13-8-3-2-4-12-9(8)5-11/h2-4,7,13H,6H2,1H3,(H,14,15). The molecular formula is C10H11N3O2. The number of hydrogen-bond acceptors (Lipinski definition) is 4. The van der Waals surface area contributed by atoms with Crippen LogP contribution in [-0.2, 0) is 4.79 Å². The van der Waals surface area contributed by atoms with E-state index >= 15 is 0 Å². The summed E-state index contributed by atoms with van der Waals surface area (Å²) in [5, 5.41) is 20.3. The van der Waals surface area contributed by atoms with Crippen LogP contribution in [-0.4, -0.2) is 22.6 Å². The Kier molecular flexibility index (Phi) is 3.63. The SMILES string of the molecule is CC(CNc1cccnc1C#N)C(=O)O. The molecule has 0 aromatic carbocycles. The number of pyridine rings is 1. The van der Waals surface area contributed by atoms with Gasteiger partial charge in [0, 0.05) is 12.7 Å². The first-order chi connectivity index (χ1) is 7.15. The molecule has 1 atom stereocenters. The van der Waals surface area contributed by atoms with E-state index in [0.29, 0.717) is 5.69 Å². The third kappa shape index (κ3) is 2.95. The third-order valence-electron chi connectivity index (χ3n) is 1.93. The molecule has 2 N–H and O–H groups in total. The summed E-state index contributed by atoms with van der Waals surface area (Å²) >= 11 is 0. The van der Waals surface area contributed by atoms with E-state index in [1.165, 1.54) is 6.20 Å². The maximum Gasteiger partial charge on any atom is 0.308 e. The highest BCUT2D eigenvalue weighted by Crippen LogP contribution is 2.11. The molecule has 0 saturated carbocycles. The van der Waals surface area contributed by atoms with Crippen LogP contribution < -0.4 is 5.32 Å². The highest BCUT2D eigenvalue weighted by atomic mass is 16.4. The molecular weight excluding hydrogens is 194 g/mol. The fourth-order valence-electron chi connectivity index (χ4n) is 0.987. The van der Waals surface area contributed by atoms with Crippen LogP contribution in [0, 0.1) is 17.2 Å². The first-order valence-electron chi connectivity index (χ1n) is 4.47. The smallest absolute Gasteiger partial charge is 0.308 e. The molecule has 0 amide bonds. The van der Waals surface area contributed by atoms with Crippen molar-refractivity contribution in [2.75, 3.05) is 11.9 Å². The maximum absolute atomic E-state index is 10.6. The predicted octanol–water partition coefficient (Wildman–Crippen LogP) is 1.09. The van der Waals surface area contributed by atoms with E-state index in [0.717, 1.165) is 0 Å². The number of carbonyl (C=O) groups is 1. The Morgan fingerprint density at radius 3 is 3.13 bits per heavy atom. The summed E-state index contributed by atoms with van der Waals surface area (Å²) in [4.78, 5) is 14.4.